The van der Waals surface area contributed by atoms with Gasteiger partial charge in [0.25, 0.3) is 0 Å². The lowest BCUT2D eigenvalue weighted by atomic mass is 9.90. The number of para-hydroxylation sites is 1. The Kier molecular flexibility index (Phi) is 2.99. The molecule has 19 heavy (non-hydrogen) atoms. The van der Waals surface area contributed by atoms with Gasteiger partial charge in [-0.1, -0.05) is 25.1 Å². The Bertz CT molecular complexity index is 515. The smallest absolute Gasteiger partial charge is 0.124 e. The van der Waals surface area contributed by atoms with E-state index in [0.717, 1.165) is 25.8 Å². The van der Waals surface area contributed by atoms with E-state index in [1.165, 1.54) is 11.3 Å². The van der Waals surface area contributed by atoms with Gasteiger partial charge in [0.2, 0.25) is 0 Å². The third kappa shape index (κ3) is 2.33. The van der Waals surface area contributed by atoms with Gasteiger partial charge in [0.15, 0.2) is 0 Å². The van der Waals surface area contributed by atoms with Crippen LogP contribution in [0.25, 0.3) is 0 Å². The molecule has 0 aromatic heterocycles. The molecule has 2 N–H and O–H groups in total. The fourth-order valence-corrected chi connectivity index (χ4v) is 3.23. The normalized spacial score (nSPS) is 25.3. The van der Waals surface area contributed by atoms with Crippen molar-refractivity contribution in [1.82, 2.24) is 0 Å². The summed E-state index contributed by atoms with van der Waals surface area (Å²) < 4.78 is 0. The Morgan fingerprint density at radius 3 is 2.84 bits per heavy atom. The number of nitrogens with zero attached hydrogens (tertiary/aromatic N) is 2. The summed E-state index contributed by atoms with van der Waals surface area (Å²) >= 11 is 0. The van der Waals surface area contributed by atoms with Gasteiger partial charge in [0, 0.05) is 18.8 Å². The molecule has 1 aliphatic carbocycles. The highest BCUT2D eigenvalue weighted by Crippen LogP contribution is 2.40. The molecule has 1 aromatic carbocycles. The first-order valence-corrected chi connectivity index (χ1v) is 7.15. The van der Waals surface area contributed by atoms with E-state index in [9.17, 15) is 5.26 Å². The summed E-state index contributed by atoms with van der Waals surface area (Å²) in [7, 11) is 0. The van der Waals surface area contributed by atoms with E-state index in [1.54, 1.807) is 0 Å². The lowest BCUT2D eigenvalue weighted by Crippen LogP contribution is -2.53. The Hall–Kier alpha value is -1.53. The fourth-order valence-electron chi connectivity index (χ4n) is 3.23. The van der Waals surface area contributed by atoms with Crippen molar-refractivity contribution < 1.29 is 0 Å². The van der Waals surface area contributed by atoms with Crippen LogP contribution in [0.2, 0.25) is 0 Å². The quantitative estimate of drug-likeness (QED) is 0.901. The molecule has 1 fully saturated rings. The molecule has 3 nitrogen and oxygen atoms in total. The van der Waals surface area contributed by atoms with Gasteiger partial charge in [-0.2, -0.15) is 5.26 Å². The predicted octanol–water partition coefficient (Wildman–Crippen LogP) is 2.32. The van der Waals surface area contributed by atoms with Crippen LogP contribution in [0, 0.1) is 23.2 Å². The van der Waals surface area contributed by atoms with E-state index in [2.05, 4.69) is 42.2 Å². The second-order valence-electron chi connectivity index (χ2n) is 6.24. The summed E-state index contributed by atoms with van der Waals surface area (Å²) in [6, 6.07) is 10.9. The Morgan fingerprint density at radius 1 is 1.42 bits per heavy atom. The molecule has 0 saturated heterocycles. The number of benzene rings is 1. The van der Waals surface area contributed by atoms with E-state index in [1.807, 2.05) is 0 Å². The van der Waals surface area contributed by atoms with Crippen molar-refractivity contribution in [2.24, 2.45) is 17.6 Å². The van der Waals surface area contributed by atoms with E-state index in [-0.39, 0.29) is 0 Å². The lowest BCUT2D eigenvalue weighted by molar-refractivity contribution is 0.436. The average molecular weight is 255 g/mol. The second kappa shape index (κ2) is 4.54. The summed E-state index contributed by atoms with van der Waals surface area (Å²) in [5.74, 6) is 1.01. The van der Waals surface area contributed by atoms with Crippen molar-refractivity contribution in [2.75, 3.05) is 18.0 Å². The molecular formula is C16H21N3. The predicted molar refractivity (Wildman–Crippen MR) is 76.8 cm³/mol. The minimum absolute atomic E-state index is 0.391. The number of hydrogen-bond acceptors (Lipinski definition) is 3. The molecule has 2 atom stereocenters. The van der Waals surface area contributed by atoms with Crippen LogP contribution in [-0.2, 0) is 6.42 Å². The molecule has 1 heterocycles. The van der Waals surface area contributed by atoms with Crippen LogP contribution in [0.15, 0.2) is 24.3 Å². The lowest BCUT2D eigenvalue weighted by Gasteiger charge is -2.38. The zero-order chi connectivity index (χ0) is 13.5. The first-order chi connectivity index (χ1) is 9.12. The monoisotopic (exact) mass is 255 g/mol. The Balaban J connectivity index is 1.87. The standard InChI is InChI=1S/C16H21N3/c1-12-8-13-4-2-3-5-15(13)19(9-12)11-16(18,10-17)14-6-7-14/h2-5,12,14H,6-9,11,18H2,1H3. The van der Waals surface area contributed by atoms with Gasteiger partial charge in [0.05, 0.1) is 6.07 Å². The van der Waals surface area contributed by atoms with Crippen LogP contribution in [0.4, 0.5) is 5.69 Å². The maximum absolute atomic E-state index is 9.44. The fraction of sp³-hybridized carbons (Fsp3) is 0.562. The molecular weight excluding hydrogens is 234 g/mol. The molecule has 0 amide bonds. The van der Waals surface area contributed by atoms with Gasteiger partial charge in [-0.15, -0.1) is 0 Å². The van der Waals surface area contributed by atoms with Crippen LogP contribution in [0.1, 0.15) is 25.3 Å². The highest BCUT2D eigenvalue weighted by Gasteiger charge is 2.44. The molecule has 100 valence electrons. The van der Waals surface area contributed by atoms with Crippen molar-refractivity contribution >= 4 is 5.69 Å². The molecule has 2 aliphatic rings. The van der Waals surface area contributed by atoms with Gasteiger partial charge in [-0.25, -0.2) is 0 Å². The minimum Gasteiger partial charge on any atom is -0.368 e. The highest BCUT2D eigenvalue weighted by atomic mass is 15.2. The van der Waals surface area contributed by atoms with E-state index >= 15 is 0 Å². The van der Waals surface area contributed by atoms with E-state index < -0.39 is 5.54 Å². The number of hydrogen-bond donors (Lipinski definition) is 1. The van der Waals surface area contributed by atoms with Gasteiger partial charge < -0.3 is 10.6 Å². The summed E-state index contributed by atoms with van der Waals surface area (Å²) in [5, 5.41) is 9.44. The van der Waals surface area contributed by atoms with Crippen LogP contribution >= 0.6 is 0 Å². The molecule has 3 heteroatoms. The summed E-state index contributed by atoms with van der Waals surface area (Å²) in [4.78, 5) is 2.32. The Labute approximate surface area is 115 Å². The van der Waals surface area contributed by atoms with Crippen molar-refractivity contribution in [3.63, 3.8) is 0 Å². The molecule has 1 aromatic rings. The molecule has 0 spiro atoms. The number of nitriles is 1. The Morgan fingerprint density at radius 2 is 2.16 bits per heavy atom. The molecule has 0 bridgehead atoms. The third-order valence-electron chi connectivity index (χ3n) is 4.40. The maximum atomic E-state index is 9.44. The van der Waals surface area contributed by atoms with E-state index in [4.69, 9.17) is 5.73 Å². The molecule has 3 rings (SSSR count). The molecule has 1 aliphatic heterocycles. The topological polar surface area (TPSA) is 53.0 Å². The molecule has 2 unspecified atom stereocenters. The minimum atomic E-state index is -0.676. The zero-order valence-corrected chi connectivity index (χ0v) is 11.5. The average Bonchev–Trinajstić information content (AvgIpc) is 3.23. The number of fused-ring (bicyclic) bond motifs is 1. The van der Waals surface area contributed by atoms with Gasteiger partial charge >= 0.3 is 0 Å². The number of anilines is 1. The SMILES string of the molecule is CC1Cc2ccccc2N(CC(N)(C#N)C2CC2)C1. The number of nitrogens with two attached hydrogens (primary N) is 1. The second-order valence-corrected chi connectivity index (χ2v) is 6.24. The van der Waals surface area contributed by atoms with Crippen molar-refractivity contribution in [3.8, 4) is 6.07 Å². The molecule has 0 radical (unpaired) electrons. The van der Waals surface area contributed by atoms with Gasteiger partial charge in [0.1, 0.15) is 5.54 Å². The van der Waals surface area contributed by atoms with Crippen molar-refractivity contribution in [2.45, 2.75) is 31.7 Å². The van der Waals surface area contributed by atoms with Crippen molar-refractivity contribution in [1.29, 1.82) is 5.26 Å². The molecule has 1 saturated carbocycles. The first-order valence-electron chi connectivity index (χ1n) is 7.15. The zero-order valence-electron chi connectivity index (χ0n) is 11.5. The summed E-state index contributed by atoms with van der Waals surface area (Å²) in [6.45, 7) is 3.94. The highest BCUT2D eigenvalue weighted by molar-refractivity contribution is 5.56. The van der Waals surface area contributed by atoms with Gasteiger partial charge in [-0.05, 0) is 42.7 Å². The summed E-state index contributed by atoms with van der Waals surface area (Å²) in [6.07, 6.45) is 3.34. The largest absolute Gasteiger partial charge is 0.368 e. The first kappa shape index (κ1) is 12.5. The van der Waals surface area contributed by atoms with Crippen LogP contribution < -0.4 is 10.6 Å². The third-order valence-corrected chi connectivity index (χ3v) is 4.40. The maximum Gasteiger partial charge on any atom is 0.124 e. The summed E-state index contributed by atoms with van der Waals surface area (Å²) in [5.41, 5.74) is 8.31. The van der Waals surface area contributed by atoms with Crippen LogP contribution in [-0.4, -0.2) is 18.6 Å². The van der Waals surface area contributed by atoms with Crippen LogP contribution in [0.5, 0.6) is 0 Å². The van der Waals surface area contributed by atoms with Gasteiger partial charge in [-0.3, -0.25) is 0 Å². The van der Waals surface area contributed by atoms with Crippen molar-refractivity contribution in [3.05, 3.63) is 29.8 Å². The van der Waals surface area contributed by atoms with E-state index in [0.29, 0.717) is 18.4 Å². The van der Waals surface area contributed by atoms with Crippen LogP contribution in [0.3, 0.4) is 0 Å². The number of rotatable bonds is 3.